The highest BCUT2D eigenvalue weighted by atomic mass is 79.9. The molecule has 0 fully saturated rings. The molecular weight excluding hydrogens is 498 g/mol. The number of ether oxygens (including phenoxy) is 2. The van der Waals surface area contributed by atoms with Crippen LogP contribution in [0.15, 0.2) is 41.0 Å². The maximum atomic E-state index is 12.0. The molecule has 0 saturated carbocycles. The van der Waals surface area contributed by atoms with Crippen molar-refractivity contribution in [3.8, 4) is 17.1 Å². The van der Waals surface area contributed by atoms with Crippen LogP contribution in [0.2, 0.25) is 0 Å². The monoisotopic (exact) mass is 529 g/mol. The molecule has 182 valence electrons. The average molecular weight is 530 g/mol. The molecular formula is C25H32BrN5O3. The third-order valence-corrected chi connectivity index (χ3v) is 6.20. The van der Waals surface area contributed by atoms with Crippen molar-refractivity contribution in [3.05, 3.63) is 52.3 Å². The molecule has 2 aromatic heterocycles. The minimum absolute atomic E-state index is 0.401. The van der Waals surface area contributed by atoms with E-state index in [1.54, 1.807) is 23.0 Å². The number of nitrogens with two attached hydrogens (primary N) is 1. The summed E-state index contributed by atoms with van der Waals surface area (Å²) in [5.41, 5.74) is 10.3. The molecule has 9 heteroatoms. The number of methoxy groups -OCH3 is 1. The van der Waals surface area contributed by atoms with Crippen molar-refractivity contribution in [1.29, 1.82) is 0 Å². The predicted octanol–water partition coefficient (Wildman–Crippen LogP) is 5.22. The second-order valence-corrected chi connectivity index (χ2v) is 9.15. The van der Waals surface area contributed by atoms with Gasteiger partial charge in [-0.3, -0.25) is 4.98 Å². The van der Waals surface area contributed by atoms with E-state index in [4.69, 9.17) is 15.2 Å². The maximum Gasteiger partial charge on any atom is 0.337 e. The Kier molecular flexibility index (Phi) is 8.92. The van der Waals surface area contributed by atoms with Crippen molar-refractivity contribution in [2.24, 2.45) is 13.0 Å². The minimum Gasteiger partial charge on any atom is -0.477 e. The molecule has 0 amide bonds. The Morgan fingerprint density at radius 3 is 2.82 bits per heavy atom. The lowest BCUT2D eigenvalue weighted by atomic mass is 10.0. The van der Waals surface area contributed by atoms with E-state index < -0.39 is 5.97 Å². The number of carbonyl (C=O) groups is 1. The summed E-state index contributed by atoms with van der Waals surface area (Å²) in [6, 6.07) is 9.23. The number of halogens is 1. The molecule has 0 saturated heterocycles. The number of hydrogen-bond donors (Lipinski definition) is 2. The molecule has 3 N–H and O–H groups in total. The van der Waals surface area contributed by atoms with Crippen LogP contribution in [0.3, 0.4) is 0 Å². The van der Waals surface area contributed by atoms with Crippen LogP contribution in [0.5, 0.6) is 5.88 Å². The highest BCUT2D eigenvalue weighted by Crippen LogP contribution is 2.30. The molecule has 8 nitrogen and oxygen atoms in total. The number of pyridine rings is 1. The molecule has 0 spiro atoms. The van der Waals surface area contributed by atoms with Crippen molar-refractivity contribution in [1.82, 2.24) is 14.8 Å². The van der Waals surface area contributed by atoms with Gasteiger partial charge >= 0.3 is 5.97 Å². The Morgan fingerprint density at radius 2 is 2.09 bits per heavy atom. The summed E-state index contributed by atoms with van der Waals surface area (Å²) >= 11 is 3.49. The van der Waals surface area contributed by atoms with Gasteiger partial charge in [0, 0.05) is 23.8 Å². The second-order valence-electron chi connectivity index (χ2n) is 8.24. The summed E-state index contributed by atoms with van der Waals surface area (Å²) in [7, 11) is 3.19. The summed E-state index contributed by atoms with van der Waals surface area (Å²) in [6.45, 7) is 5.43. The van der Waals surface area contributed by atoms with E-state index in [-0.39, 0.29) is 0 Å². The number of benzene rings is 1. The molecule has 3 rings (SSSR count). The van der Waals surface area contributed by atoms with E-state index in [0.717, 1.165) is 52.9 Å². The zero-order valence-electron chi connectivity index (χ0n) is 20.1. The Hall–Kier alpha value is -3.07. The molecule has 0 unspecified atom stereocenters. The number of aromatic nitrogens is 3. The van der Waals surface area contributed by atoms with Crippen LogP contribution in [0.25, 0.3) is 11.3 Å². The van der Waals surface area contributed by atoms with Crippen molar-refractivity contribution >= 4 is 33.3 Å². The number of rotatable bonds is 11. The predicted molar refractivity (Wildman–Crippen MR) is 138 cm³/mol. The lowest BCUT2D eigenvalue weighted by Crippen LogP contribution is -2.16. The largest absolute Gasteiger partial charge is 0.477 e. The SMILES string of the molecule is CC[C@H](CCCOc1c(-c2cc(C(=O)OC)cc(C)n2)cnn1C)CNc1cc(Br)ccc1N. The molecule has 1 aromatic carbocycles. The summed E-state index contributed by atoms with van der Waals surface area (Å²) in [5.74, 6) is 0.720. The van der Waals surface area contributed by atoms with Gasteiger partial charge < -0.3 is 20.5 Å². The molecule has 0 bridgehead atoms. The maximum absolute atomic E-state index is 12.0. The number of nitrogens with one attached hydrogen (secondary N) is 1. The number of aryl methyl sites for hydroxylation is 2. The number of nitrogens with zero attached hydrogens (tertiary/aromatic N) is 3. The van der Waals surface area contributed by atoms with E-state index in [2.05, 4.69) is 38.3 Å². The molecule has 34 heavy (non-hydrogen) atoms. The van der Waals surface area contributed by atoms with Gasteiger partial charge in [0.15, 0.2) is 0 Å². The lowest BCUT2D eigenvalue weighted by Gasteiger charge is -2.18. The molecule has 1 atom stereocenters. The van der Waals surface area contributed by atoms with E-state index in [9.17, 15) is 4.79 Å². The lowest BCUT2D eigenvalue weighted by molar-refractivity contribution is 0.0600. The normalized spacial score (nSPS) is 11.8. The van der Waals surface area contributed by atoms with Gasteiger partial charge in [-0.15, -0.1) is 0 Å². The Labute approximate surface area is 209 Å². The first-order chi connectivity index (χ1) is 16.3. The van der Waals surface area contributed by atoms with Gasteiger partial charge in [0.1, 0.15) is 0 Å². The summed E-state index contributed by atoms with van der Waals surface area (Å²) in [5, 5.41) is 7.80. The van der Waals surface area contributed by atoms with E-state index in [1.807, 2.05) is 32.2 Å². The van der Waals surface area contributed by atoms with Crippen molar-refractivity contribution in [2.75, 3.05) is 31.3 Å². The summed E-state index contributed by atoms with van der Waals surface area (Å²) in [6.07, 6.45) is 4.67. The molecule has 0 aliphatic rings. The van der Waals surface area contributed by atoms with E-state index in [1.165, 1.54) is 7.11 Å². The van der Waals surface area contributed by atoms with Crippen molar-refractivity contribution in [3.63, 3.8) is 0 Å². The number of anilines is 2. The zero-order valence-corrected chi connectivity index (χ0v) is 21.7. The number of esters is 1. The third-order valence-electron chi connectivity index (χ3n) is 5.70. The highest BCUT2D eigenvalue weighted by molar-refractivity contribution is 9.10. The van der Waals surface area contributed by atoms with Crippen LogP contribution in [0.4, 0.5) is 11.4 Å². The smallest absolute Gasteiger partial charge is 0.337 e. The fraction of sp³-hybridized carbons (Fsp3) is 0.400. The van der Waals surface area contributed by atoms with Crippen molar-refractivity contribution < 1.29 is 14.3 Å². The first-order valence-corrected chi connectivity index (χ1v) is 12.1. The van der Waals surface area contributed by atoms with Crippen LogP contribution in [0, 0.1) is 12.8 Å². The van der Waals surface area contributed by atoms with Crippen molar-refractivity contribution in [2.45, 2.75) is 33.1 Å². The van der Waals surface area contributed by atoms with Gasteiger partial charge in [0.25, 0.3) is 0 Å². The quantitative estimate of drug-likeness (QED) is 0.199. The minimum atomic E-state index is -0.401. The second kappa shape index (κ2) is 11.9. The van der Waals surface area contributed by atoms with Crippen LogP contribution in [-0.4, -0.2) is 41.0 Å². The topological polar surface area (TPSA) is 104 Å². The highest BCUT2D eigenvalue weighted by Gasteiger charge is 2.17. The number of carbonyl (C=O) groups excluding carboxylic acids is 1. The van der Waals surface area contributed by atoms with Gasteiger partial charge in [-0.25, -0.2) is 9.48 Å². The average Bonchev–Trinajstić information content (AvgIpc) is 3.19. The number of nitrogen functional groups attached to an aromatic ring is 1. The van der Waals surface area contributed by atoms with Crippen LogP contribution < -0.4 is 15.8 Å². The van der Waals surface area contributed by atoms with Crippen LogP contribution in [-0.2, 0) is 11.8 Å². The Morgan fingerprint density at radius 1 is 1.29 bits per heavy atom. The standard InChI is InChI=1S/C25H32BrN5O3/c1-5-17(14-28-23-13-19(26)8-9-21(23)27)7-6-10-34-24-20(15-29-31(24)3)22-12-18(25(32)33-4)11-16(2)30-22/h8-9,11-13,15,17,28H,5-7,10,14,27H2,1-4H3/t17-/m1/s1. The Bertz CT molecular complexity index is 1130. The molecule has 0 aliphatic carbocycles. The molecule has 0 aliphatic heterocycles. The fourth-order valence-electron chi connectivity index (χ4n) is 3.74. The Balaban J connectivity index is 1.59. The molecule has 0 radical (unpaired) electrons. The van der Waals surface area contributed by atoms with Gasteiger partial charge in [-0.2, -0.15) is 5.10 Å². The van der Waals surface area contributed by atoms with Gasteiger partial charge in [-0.1, -0.05) is 29.3 Å². The summed E-state index contributed by atoms with van der Waals surface area (Å²) in [4.78, 5) is 16.6. The zero-order chi connectivity index (χ0) is 24.7. The number of hydrogen-bond acceptors (Lipinski definition) is 7. The van der Waals surface area contributed by atoms with Crippen LogP contribution >= 0.6 is 15.9 Å². The van der Waals surface area contributed by atoms with Crippen LogP contribution in [0.1, 0.15) is 42.2 Å². The van der Waals surface area contributed by atoms with E-state index in [0.29, 0.717) is 29.7 Å². The molecule has 3 aromatic rings. The van der Waals surface area contributed by atoms with Gasteiger partial charge in [-0.05, 0) is 56.0 Å². The van der Waals surface area contributed by atoms with Gasteiger partial charge in [0.2, 0.25) is 5.88 Å². The molecule has 2 heterocycles. The van der Waals surface area contributed by atoms with E-state index >= 15 is 0 Å². The third kappa shape index (κ3) is 6.50. The first-order valence-electron chi connectivity index (χ1n) is 11.3. The fourth-order valence-corrected chi connectivity index (χ4v) is 4.10. The van der Waals surface area contributed by atoms with Gasteiger partial charge in [0.05, 0.1) is 48.1 Å². The first kappa shape index (κ1) is 25.6. The summed E-state index contributed by atoms with van der Waals surface area (Å²) < 4.78 is 13.7.